The Morgan fingerprint density at radius 3 is 2.35 bits per heavy atom. The van der Waals surface area contributed by atoms with Gasteiger partial charge in [-0.15, -0.1) is 0 Å². The summed E-state index contributed by atoms with van der Waals surface area (Å²) in [5, 5.41) is 16.6. The Morgan fingerprint density at radius 1 is 1.25 bits per heavy atom. The molecule has 1 aromatic rings. The standard InChI is InChI=1S/C16H27N3O/c1-6-17-15(19-16(3,4)5)18-11-14(20)13-9-7-12(2)8-10-13/h7-10,14,20H,6,11H2,1-5H3,(H2,17,18,19). The molecule has 1 rings (SSSR count). The van der Waals surface area contributed by atoms with Gasteiger partial charge in [0.2, 0.25) is 0 Å². The summed E-state index contributed by atoms with van der Waals surface area (Å²) in [5.41, 5.74) is 2.02. The van der Waals surface area contributed by atoms with Crippen LogP contribution in [0.1, 0.15) is 44.9 Å². The first kappa shape index (κ1) is 16.5. The highest BCUT2D eigenvalue weighted by Gasteiger charge is 2.12. The van der Waals surface area contributed by atoms with Crippen LogP contribution in [0.3, 0.4) is 0 Å². The summed E-state index contributed by atoms with van der Waals surface area (Å²) in [6, 6.07) is 7.89. The number of nitrogens with zero attached hydrogens (tertiary/aromatic N) is 1. The lowest BCUT2D eigenvalue weighted by molar-refractivity contribution is 0.187. The molecule has 1 unspecified atom stereocenters. The van der Waals surface area contributed by atoms with Crippen molar-refractivity contribution in [3.63, 3.8) is 0 Å². The molecule has 112 valence electrons. The number of aliphatic imine (C=N–C) groups is 1. The number of nitrogens with one attached hydrogen (secondary N) is 2. The first-order valence-electron chi connectivity index (χ1n) is 7.13. The van der Waals surface area contributed by atoms with Gasteiger partial charge in [0.05, 0.1) is 12.6 Å². The van der Waals surface area contributed by atoms with E-state index in [-0.39, 0.29) is 5.54 Å². The second-order valence-electron chi connectivity index (χ2n) is 6.02. The van der Waals surface area contributed by atoms with E-state index in [0.29, 0.717) is 6.54 Å². The summed E-state index contributed by atoms with van der Waals surface area (Å²) in [4.78, 5) is 4.44. The highest BCUT2D eigenvalue weighted by molar-refractivity contribution is 5.80. The Hall–Kier alpha value is -1.55. The molecule has 0 saturated carbocycles. The fraction of sp³-hybridized carbons (Fsp3) is 0.562. The van der Waals surface area contributed by atoms with Gasteiger partial charge in [-0.25, -0.2) is 0 Å². The second kappa shape index (κ2) is 7.29. The molecule has 0 spiro atoms. The van der Waals surface area contributed by atoms with Crippen molar-refractivity contribution in [3.8, 4) is 0 Å². The van der Waals surface area contributed by atoms with Gasteiger partial charge in [-0.2, -0.15) is 0 Å². The summed E-state index contributed by atoms with van der Waals surface area (Å²) in [6.07, 6.45) is -0.578. The molecule has 0 aliphatic carbocycles. The van der Waals surface area contributed by atoms with Gasteiger partial charge < -0.3 is 15.7 Å². The molecular weight excluding hydrogens is 250 g/mol. The molecule has 0 radical (unpaired) electrons. The highest BCUT2D eigenvalue weighted by atomic mass is 16.3. The lowest BCUT2D eigenvalue weighted by atomic mass is 10.1. The summed E-state index contributed by atoms with van der Waals surface area (Å²) in [7, 11) is 0. The number of hydrogen-bond donors (Lipinski definition) is 3. The average Bonchev–Trinajstić information content (AvgIpc) is 2.35. The van der Waals surface area contributed by atoms with Crippen molar-refractivity contribution in [1.82, 2.24) is 10.6 Å². The zero-order valence-corrected chi connectivity index (χ0v) is 13.2. The molecule has 4 nitrogen and oxygen atoms in total. The molecule has 3 N–H and O–H groups in total. The predicted octanol–water partition coefficient (Wildman–Crippen LogP) is 2.38. The second-order valence-corrected chi connectivity index (χ2v) is 6.02. The van der Waals surface area contributed by atoms with E-state index in [4.69, 9.17) is 0 Å². The van der Waals surface area contributed by atoms with Crippen molar-refractivity contribution in [2.24, 2.45) is 4.99 Å². The molecule has 0 heterocycles. The van der Waals surface area contributed by atoms with Crippen LogP contribution < -0.4 is 10.6 Å². The molecule has 1 atom stereocenters. The van der Waals surface area contributed by atoms with Crippen LogP contribution in [0.15, 0.2) is 29.3 Å². The van der Waals surface area contributed by atoms with E-state index in [1.54, 1.807) is 0 Å². The SMILES string of the molecule is CCNC(=NCC(O)c1ccc(C)cc1)NC(C)(C)C. The van der Waals surface area contributed by atoms with Crippen LogP contribution in [0.25, 0.3) is 0 Å². The van der Waals surface area contributed by atoms with E-state index < -0.39 is 6.10 Å². The van der Waals surface area contributed by atoms with Gasteiger partial charge in [0.25, 0.3) is 0 Å². The van der Waals surface area contributed by atoms with E-state index in [0.717, 1.165) is 18.1 Å². The first-order chi connectivity index (χ1) is 9.31. The smallest absolute Gasteiger partial charge is 0.191 e. The molecule has 0 aromatic heterocycles. The van der Waals surface area contributed by atoms with E-state index in [1.807, 2.05) is 38.1 Å². The number of aliphatic hydroxyl groups is 1. The fourth-order valence-corrected chi connectivity index (χ4v) is 1.73. The summed E-state index contributed by atoms with van der Waals surface area (Å²) >= 11 is 0. The summed E-state index contributed by atoms with van der Waals surface area (Å²) in [5.74, 6) is 0.728. The number of aliphatic hydroxyl groups excluding tert-OH is 1. The van der Waals surface area contributed by atoms with Gasteiger partial charge in [0.15, 0.2) is 5.96 Å². The van der Waals surface area contributed by atoms with E-state index in [1.165, 1.54) is 5.56 Å². The van der Waals surface area contributed by atoms with Crippen molar-refractivity contribution in [2.75, 3.05) is 13.1 Å². The van der Waals surface area contributed by atoms with Gasteiger partial charge in [-0.1, -0.05) is 29.8 Å². The number of guanidine groups is 1. The third kappa shape index (κ3) is 6.06. The lowest BCUT2D eigenvalue weighted by Gasteiger charge is -2.24. The fourth-order valence-electron chi connectivity index (χ4n) is 1.73. The molecule has 0 fully saturated rings. The van der Waals surface area contributed by atoms with Gasteiger partial charge in [0, 0.05) is 12.1 Å². The quantitative estimate of drug-likeness (QED) is 0.585. The number of benzene rings is 1. The average molecular weight is 277 g/mol. The van der Waals surface area contributed by atoms with Crippen LogP contribution in [-0.2, 0) is 0 Å². The van der Waals surface area contributed by atoms with Crippen molar-refractivity contribution in [2.45, 2.75) is 46.3 Å². The van der Waals surface area contributed by atoms with E-state index >= 15 is 0 Å². The van der Waals surface area contributed by atoms with Crippen LogP contribution in [0, 0.1) is 6.92 Å². The summed E-state index contributed by atoms with van der Waals surface area (Å²) in [6.45, 7) is 11.4. The van der Waals surface area contributed by atoms with Gasteiger partial charge in [-0.3, -0.25) is 4.99 Å². The van der Waals surface area contributed by atoms with Gasteiger partial charge >= 0.3 is 0 Å². The molecule has 4 heteroatoms. The minimum atomic E-state index is -0.578. The van der Waals surface area contributed by atoms with Crippen LogP contribution in [0.4, 0.5) is 0 Å². The minimum Gasteiger partial charge on any atom is -0.386 e. The normalized spacial score (nSPS) is 14.0. The summed E-state index contributed by atoms with van der Waals surface area (Å²) < 4.78 is 0. The van der Waals surface area contributed by atoms with Crippen molar-refractivity contribution in [3.05, 3.63) is 35.4 Å². The van der Waals surface area contributed by atoms with Gasteiger partial charge in [-0.05, 0) is 40.2 Å². The maximum atomic E-state index is 10.2. The third-order valence-electron chi connectivity index (χ3n) is 2.72. The van der Waals surface area contributed by atoms with Crippen molar-refractivity contribution < 1.29 is 5.11 Å². The number of hydrogen-bond acceptors (Lipinski definition) is 2. The van der Waals surface area contributed by atoms with Gasteiger partial charge in [0.1, 0.15) is 0 Å². The Morgan fingerprint density at radius 2 is 1.85 bits per heavy atom. The third-order valence-corrected chi connectivity index (χ3v) is 2.72. The Labute approximate surface area is 122 Å². The highest BCUT2D eigenvalue weighted by Crippen LogP contribution is 2.13. The predicted molar refractivity (Wildman–Crippen MR) is 85.0 cm³/mol. The maximum absolute atomic E-state index is 10.2. The molecule has 20 heavy (non-hydrogen) atoms. The van der Waals surface area contributed by atoms with Crippen LogP contribution >= 0.6 is 0 Å². The van der Waals surface area contributed by atoms with E-state index in [9.17, 15) is 5.11 Å². The van der Waals surface area contributed by atoms with Crippen molar-refractivity contribution >= 4 is 5.96 Å². The molecule has 0 aliphatic heterocycles. The monoisotopic (exact) mass is 277 g/mol. The molecular formula is C16H27N3O. The maximum Gasteiger partial charge on any atom is 0.191 e. The largest absolute Gasteiger partial charge is 0.386 e. The van der Waals surface area contributed by atoms with Crippen LogP contribution in [0.5, 0.6) is 0 Å². The molecule has 0 saturated heterocycles. The van der Waals surface area contributed by atoms with Crippen LogP contribution in [0.2, 0.25) is 0 Å². The van der Waals surface area contributed by atoms with Crippen molar-refractivity contribution in [1.29, 1.82) is 0 Å². The Bertz CT molecular complexity index is 432. The minimum absolute atomic E-state index is 0.0597. The number of rotatable bonds is 4. The zero-order chi connectivity index (χ0) is 15.2. The molecule has 1 aromatic carbocycles. The number of aryl methyl sites for hydroxylation is 1. The Balaban J connectivity index is 2.68. The Kier molecular flexibility index (Phi) is 6.02. The topological polar surface area (TPSA) is 56.7 Å². The van der Waals surface area contributed by atoms with E-state index in [2.05, 4.69) is 36.4 Å². The first-order valence-corrected chi connectivity index (χ1v) is 7.13. The molecule has 0 bridgehead atoms. The zero-order valence-electron chi connectivity index (χ0n) is 13.2. The lowest BCUT2D eigenvalue weighted by Crippen LogP contribution is -2.47. The van der Waals surface area contributed by atoms with Crippen LogP contribution in [-0.4, -0.2) is 29.7 Å². The molecule has 0 aliphatic rings. The molecule has 0 amide bonds.